The molecule has 1 heterocycles. The molecule has 0 bridgehead atoms. The van der Waals surface area contributed by atoms with Crippen molar-refractivity contribution in [3.05, 3.63) is 65.2 Å². The molecular formula is C21H25NO2S. The van der Waals surface area contributed by atoms with Gasteiger partial charge in [-0.05, 0) is 53.8 Å². The topological polar surface area (TPSA) is 40.5 Å². The minimum absolute atomic E-state index is 0.0872. The summed E-state index contributed by atoms with van der Waals surface area (Å²) in [6.07, 6.45) is 4.62. The van der Waals surface area contributed by atoms with Gasteiger partial charge in [0.05, 0.1) is 13.0 Å². The Balaban J connectivity index is 1.51. The van der Waals surface area contributed by atoms with E-state index in [0.717, 1.165) is 37.1 Å². The number of amides is 1. The van der Waals surface area contributed by atoms with E-state index < -0.39 is 0 Å². The number of aliphatic hydroxyl groups excluding tert-OH is 1. The van der Waals surface area contributed by atoms with Gasteiger partial charge < -0.3 is 10.0 Å². The lowest BCUT2D eigenvalue weighted by atomic mass is 9.98. The van der Waals surface area contributed by atoms with Gasteiger partial charge in [0.25, 0.3) is 0 Å². The largest absolute Gasteiger partial charge is 0.392 e. The van der Waals surface area contributed by atoms with Crippen LogP contribution >= 0.6 is 11.8 Å². The van der Waals surface area contributed by atoms with Crippen molar-refractivity contribution < 1.29 is 9.90 Å². The van der Waals surface area contributed by atoms with Crippen LogP contribution in [0.2, 0.25) is 0 Å². The summed E-state index contributed by atoms with van der Waals surface area (Å²) in [6, 6.07) is 16.4. The van der Waals surface area contributed by atoms with Gasteiger partial charge in [0.15, 0.2) is 0 Å². The first kappa shape index (κ1) is 18.0. The molecule has 2 aromatic carbocycles. The number of thioether (sulfide) groups is 1. The number of aliphatic hydroxyl groups is 1. The lowest BCUT2D eigenvalue weighted by molar-refractivity contribution is -0.129. The maximum atomic E-state index is 12.5. The normalized spacial score (nSPS) is 17.0. The van der Waals surface area contributed by atoms with Gasteiger partial charge in [-0.2, -0.15) is 0 Å². The molecule has 1 fully saturated rings. The highest BCUT2D eigenvalue weighted by Gasteiger charge is 2.26. The third kappa shape index (κ3) is 4.86. The Morgan fingerprint density at radius 2 is 1.72 bits per heavy atom. The third-order valence-corrected chi connectivity index (χ3v) is 5.63. The summed E-state index contributed by atoms with van der Waals surface area (Å²) >= 11 is 1.72. The number of likely N-dealkylation sites (tertiary alicyclic amines) is 1. The van der Waals surface area contributed by atoms with Crippen LogP contribution in [-0.2, 0) is 24.2 Å². The predicted octanol–water partition coefficient (Wildman–Crippen LogP) is 3.53. The maximum absolute atomic E-state index is 12.5. The zero-order chi connectivity index (χ0) is 17.6. The van der Waals surface area contributed by atoms with E-state index in [2.05, 4.69) is 42.7 Å². The van der Waals surface area contributed by atoms with Crippen molar-refractivity contribution in [2.75, 3.05) is 19.3 Å². The first-order chi connectivity index (χ1) is 12.2. The molecular weight excluding hydrogens is 330 g/mol. The summed E-state index contributed by atoms with van der Waals surface area (Å²) < 4.78 is 0. The van der Waals surface area contributed by atoms with E-state index in [0.29, 0.717) is 12.3 Å². The quantitative estimate of drug-likeness (QED) is 0.806. The van der Waals surface area contributed by atoms with Crippen molar-refractivity contribution in [3.8, 4) is 0 Å². The van der Waals surface area contributed by atoms with Gasteiger partial charge in [-0.1, -0.05) is 36.4 Å². The van der Waals surface area contributed by atoms with E-state index in [1.54, 1.807) is 11.8 Å². The molecule has 3 rings (SSSR count). The monoisotopic (exact) mass is 355 g/mol. The summed E-state index contributed by atoms with van der Waals surface area (Å²) in [5, 5.41) is 9.11. The Labute approximate surface area is 154 Å². The zero-order valence-corrected chi connectivity index (χ0v) is 15.5. The summed E-state index contributed by atoms with van der Waals surface area (Å²) in [5.41, 5.74) is 3.31. The third-order valence-electron chi connectivity index (χ3n) is 4.88. The summed E-state index contributed by atoms with van der Waals surface area (Å²) in [6.45, 7) is 1.80. The van der Waals surface area contributed by atoms with E-state index in [4.69, 9.17) is 5.11 Å². The highest BCUT2D eigenvalue weighted by Crippen LogP contribution is 2.22. The number of nitrogens with zero attached hydrogens (tertiary/aromatic N) is 1. The Hall–Kier alpha value is -1.78. The molecule has 3 nitrogen and oxygen atoms in total. The highest BCUT2D eigenvalue weighted by molar-refractivity contribution is 7.98. The van der Waals surface area contributed by atoms with E-state index in [-0.39, 0.29) is 12.5 Å². The van der Waals surface area contributed by atoms with Crippen LogP contribution in [0.3, 0.4) is 0 Å². The summed E-state index contributed by atoms with van der Waals surface area (Å²) in [5.74, 6) is 0.762. The Kier molecular flexibility index (Phi) is 6.16. The fraction of sp³-hybridized carbons (Fsp3) is 0.381. The van der Waals surface area contributed by atoms with E-state index in [9.17, 15) is 4.79 Å². The van der Waals surface area contributed by atoms with Gasteiger partial charge in [0.1, 0.15) is 0 Å². The molecule has 1 aliphatic rings. The van der Waals surface area contributed by atoms with Crippen molar-refractivity contribution >= 4 is 17.7 Å². The standard InChI is InChI=1S/C21H25NO2S/c1-25-20-8-6-17(7-9-20)13-21(24)22-11-10-19(14-22)12-16-2-4-18(15-23)5-3-16/h2-9,19,23H,10-15H2,1H3/t19-/m0/s1. The van der Waals surface area contributed by atoms with Gasteiger partial charge in [0, 0.05) is 18.0 Å². The van der Waals surface area contributed by atoms with Crippen LogP contribution in [0.4, 0.5) is 0 Å². The second kappa shape index (κ2) is 8.54. The van der Waals surface area contributed by atoms with Crippen molar-refractivity contribution in [1.82, 2.24) is 4.90 Å². The SMILES string of the molecule is CSc1ccc(CC(=O)N2CC[C@@H](Cc3ccc(CO)cc3)C2)cc1. The molecule has 0 aliphatic carbocycles. The number of hydrogen-bond acceptors (Lipinski definition) is 3. The molecule has 1 atom stereocenters. The lowest BCUT2D eigenvalue weighted by Crippen LogP contribution is -2.30. The molecule has 132 valence electrons. The Bertz CT molecular complexity index is 697. The molecule has 0 aromatic heterocycles. The summed E-state index contributed by atoms with van der Waals surface area (Å²) in [4.78, 5) is 15.8. The minimum atomic E-state index is 0.0872. The molecule has 25 heavy (non-hydrogen) atoms. The molecule has 0 unspecified atom stereocenters. The molecule has 0 radical (unpaired) electrons. The fourth-order valence-corrected chi connectivity index (χ4v) is 3.78. The highest BCUT2D eigenvalue weighted by atomic mass is 32.2. The van der Waals surface area contributed by atoms with Crippen molar-refractivity contribution in [2.45, 2.75) is 30.8 Å². The second-order valence-corrected chi connectivity index (χ2v) is 7.58. The number of benzene rings is 2. The van der Waals surface area contributed by atoms with Gasteiger partial charge in [0.2, 0.25) is 5.91 Å². The van der Waals surface area contributed by atoms with E-state index in [1.807, 2.05) is 17.0 Å². The fourth-order valence-electron chi connectivity index (χ4n) is 3.37. The van der Waals surface area contributed by atoms with Crippen LogP contribution < -0.4 is 0 Å². The maximum Gasteiger partial charge on any atom is 0.226 e. The second-order valence-electron chi connectivity index (χ2n) is 6.70. The number of hydrogen-bond donors (Lipinski definition) is 1. The van der Waals surface area contributed by atoms with Crippen LogP contribution in [0, 0.1) is 5.92 Å². The molecule has 1 saturated heterocycles. The van der Waals surface area contributed by atoms with Crippen LogP contribution in [0.1, 0.15) is 23.1 Å². The zero-order valence-electron chi connectivity index (χ0n) is 14.6. The molecule has 0 saturated carbocycles. The van der Waals surface area contributed by atoms with Gasteiger partial charge in [-0.3, -0.25) is 4.79 Å². The molecule has 1 aliphatic heterocycles. The molecule has 0 spiro atoms. The Morgan fingerprint density at radius 3 is 2.36 bits per heavy atom. The van der Waals surface area contributed by atoms with Crippen LogP contribution in [0.15, 0.2) is 53.4 Å². The minimum Gasteiger partial charge on any atom is -0.392 e. The van der Waals surface area contributed by atoms with E-state index in [1.165, 1.54) is 10.5 Å². The number of rotatable bonds is 6. The smallest absolute Gasteiger partial charge is 0.226 e. The van der Waals surface area contributed by atoms with Crippen molar-refractivity contribution in [2.24, 2.45) is 5.92 Å². The van der Waals surface area contributed by atoms with E-state index >= 15 is 0 Å². The van der Waals surface area contributed by atoms with Crippen LogP contribution in [-0.4, -0.2) is 35.3 Å². The average molecular weight is 356 g/mol. The molecule has 1 N–H and O–H groups in total. The summed E-state index contributed by atoms with van der Waals surface area (Å²) in [7, 11) is 0. The first-order valence-corrected chi connectivity index (χ1v) is 10.00. The van der Waals surface area contributed by atoms with Crippen molar-refractivity contribution in [3.63, 3.8) is 0 Å². The average Bonchev–Trinajstić information content (AvgIpc) is 3.12. The van der Waals surface area contributed by atoms with Crippen LogP contribution in [0.25, 0.3) is 0 Å². The van der Waals surface area contributed by atoms with Crippen LogP contribution in [0.5, 0.6) is 0 Å². The van der Waals surface area contributed by atoms with Gasteiger partial charge >= 0.3 is 0 Å². The number of carbonyl (C=O) groups excluding carboxylic acids is 1. The Morgan fingerprint density at radius 1 is 1.08 bits per heavy atom. The molecule has 1 amide bonds. The first-order valence-electron chi connectivity index (χ1n) is 8.77. The predicted molar refractivity (Wildman–Crippen MR) is 103 cm³/mol. The molecule has 2 aromatic rings. The lowest BCUT2D eigenvalue weighted by Gasteiger charge is -2.17. The van der Waals surface area contributed by atoms with Crippen molar-refractivity contribution in [1.29, 1.82) is 0 Å². The van der Waals surface area contributed by atoms with Gasteiger partial charge in [-0.15, -0.1) is 11.8 Å². The molecule has 4 heteroatoms. The van der Waals surface area contributed by atoms with Gasteiger partial charge in [-0.25, -0.2) is 0 Å². The number of carbonyl (C=O) groups is 1.